The van der Waals surface area contributed by atoms with Crippen molar-refractivity contribution >= 4 is 94.0 Å². The Bertz CT molecular complexity index is 2640. The van der Waals surface area contributed by atoms with E-state index >= 15 is 0 Å². The van der Waals surface area contributed by atoms with Gasteiger partial charge in [-0.1, -0.05) is 56.8 Å². The predicted octanol–water partition coefficient (Wildman–Crippen LogP) is 8.97. The first-order chi connectivity index (χ1) is 24.1. The lowest BCUT2D eigenvalue weighted by Gasteiger charge is -2.33. The third kappa shape index (κ3) is 3.99. The Labute approximate surface area is 289 Å². The molecule has 2 atom stereocenters. The van der Waals surface area contributed by atoms with Crippen LogP contribution in [0.15, 0.2) is 102 Å². The second kappa shape index (κ2) is 10.6. The van der Waals surface area contributed by atoms with Crippen LogP contribution in [0, 0.1) is 5.92 Å². The number of hydrogen-bond donors (Lipinski definition) is 0. The molecule has 2 aliphatic rings. The van der Waals surface area contributed by atoms with E-state index in [2.05, 4.69) is 20.4 Å². The van der Waals surface area contributed by atoms with Gasteiger partial charge >= 0.3 is 0 Å². The first kappa shape index (κ1) is 30.3. The maximum atomic E-state index is 14.2. The molecule has 0 spiro atoms. The molecule has 7 aromatic carbocycles. The monoisotopic (exact) mass is 674 g/mol. The van der Waals surface area contributed by atoms with Crippen molar-refractivity contribution in [1.29, 1.82) is 0 Å². The van der Waals surface area contributed by atoms with Gasteiger partial charge in [0.05, 0.1) is 16.5 Å². The fraction of sp³-hybridized carbons (Fsp3) is 0.143. The Morgan fingerprint density at radius 1 is 0.600 bits per heavy atom. The first-order valence-corrected chi connectivity index (χ1v) is 17.8. The van der Waals surface area contributed by atoms with Crippen LogP contribution in [0.3, 0.4) is 0 Å². The van der Waals surface area contributed by atoms with Crippen LogP contribution < -0.4 is 4.90 Å². The zero-order valence-electron chi connectivity index (χ0n) is 27.6. The zero-order chi connectivity index (χ0) is 34.7. The van der Waals surface area contributed by atoms with Crippen molar-refractivity contribution in [1.82, 2.24) is 4.90 Å². The average molecular weight is 675 g/mol. The number of rotatable bonds is 6. The first-order valence-electron chi connectivity index (χ1n) is 16.6. The molecule has 7 nitrogen and oxygen atoms in total. The molecule has 8 heteroatoms. The van der Waals surface area contributed by atoms with E-state index in [-0.39, 0.29) is 17.9 Å². The maximum Gasteiger partial charge on any atom is 0.265 e. The summed E-state index contributed by atoms with van der Waals surface area (Å²) < 4.78 is 12.3. The highest BCUT2D eigenvalue weighted by Crippen LogP contribution is 2.47. The van der Waals surface area contributed by atoms with Crippen LogP contribution in [0.5, 0.6) is 0 Å². The van der Waals surface area contributed by atoms with Crippen LogP contribution in [0.1, 0.15) is 68.6 Å². The Kier molecular flexibility index (Phi) is 6.45. The Morgan fingerprint density at radius 3 is 1.54 bits per heavy atom. The lowest BCUT2D eigenvalue weighted by atomic mass is 9.82. The van der Waals surface area contributed by atoms with Crippen LogP contribution in [-0.4, -0.2) is 38.8 Å². The average Bonchev–Trinajstić information content (AvgIpc) is 3.11. The number of nitrogens with zero attached hydrogens (tertiary/aromatic N) is 2. The van der Waals surface area contributed by atoms with Gasteiger partial charge < -0.3 is 0 Å². The Balaban J connectivity index is 1.22. The number of anilines is 1. The molecule has 0 aliphatic carbocycles. The normalized spacial score (nSPS) is 15.8. The molecule has 2 unspecified atom stereocenters. The van der Waals surface area contributed by atoms with Crippen molar-refractivity contribution in [3.63, 3.8) is 0 Å². The van der Waals surface area contributed by atoms with Gasteiger partial charge in [0.1, 0.15) is 0 Å². The molecule has 0 N–H and O–H groups in total. The molecule has 50 heavy (non-hydrogen) atoms. The number of fused-ring (bicyclic) bond motifs is 3. The van der Waals surface area contributed by atoms with E-state index in [1.54, 1.807) is 30.3 Å². The number of benzene rings is 7. The van der Waals surface area contributed by atoms with Crippen molar-refractivity contribution in [3.05, 3.63) is 119 Å². The summed E-state index contributed by atoms with van der Waals surface area (Å²) >= 11 is 0. The summed E-state index contributed by atoms with van der Waals surface area (Å²) in [6, 6.07) is 25.4. The minimum absolute atomic E-state index is 0.242. The van der Waals surface area contributed by atoms with E-state index in [9.17, 15) is 23.4 Å². The van der Waals surface area contributed by atoms with Crippen LogP contribution in [0.25, 0.3) is 53.9 Å². The summed E-state index contributed by atoms with van der Waals surface area (Å²) in [6.45, 7) is 9.69. The number of imide groups is 2. The third-order valence-corrected chi connectivity index (χ3v) is 11.4. The lowest BCUT2D eigenvalue weighted by molar-refractivity contribution is 0.0535. The molecule has 4 amide bonds. The van der Waals surface area contributed by atoms with Gasteiger partial charge in [-0.3, -0.25) is 24.1 Å². The summed E-state index contributed by atoms with van der Waals surface area (Å²) in [5.41, 5.74) is 2.30. The van der Waals surface area contributed by atoms with E-state index in [0.717, 1.165) is 43.1 Å². The van der Waals surface area contributed by atoms with E-state index < -0.39 is 22.6 Å². The van der Waals surface area contributed by atoms with Crippen molar-refractivity contribution in [3.8, 4) is 0 Å². The van der Waals surface area contributed by atoms with E-state index in [4.69, 9.17) is 0 Å². The highest BCUT2D eigenvalue weighted by atomic mass is 32.2. The molecular weight excluding hydrogens is 645 g/mol. The Hall–Kier alpha value is -5.73. The van der Waals surface area contributed by atoms with Gasteiger partial charge in [0.25, 0.3) is 23.6 Å². The highest BCUT2D eigenvalue weighted by Gasteiger charge is 2.39. The van der Waals surface area contributed by atoms with Crippen LogP contribution in [-0.2, 0) is 10.8 Å². The predicted molar refractivity (Wildman–Crippen MR) is 199 cm³/mol. The second-order valence-corrected chi connectivity index (χ2v) is 15.1. The van der Waals surface area contributed by atoms with Gasteiger partial charge in [-0.15, -0.1) is 0 Å². The summed E-state index contributed by atoms with van der Waals surface area (Å²) in [5.74, 6) is -1.08. The summed E-state index contributed by atoms with van der Waals surface area (Å²) in [6.07, 6.45) is 0.710. The van der Waals surface area contributed by atoms with Crippen molar-refractivity contribution in [2.75, 3.05) is 4.90 Å². The molecule has 7 aromatic rings. The topological polar surface area (TPSA) is 91.8 Å². The zero-order valence-corrected chi connectivity index (χ0v) is 28.4. The van der Waals surface area contributed by atoms with Crippen molar-refractivity contribution in [2.45, 2.75) is 38.1 Å². The molecular formula is C42H30N2O5S. The van der Waals surface area contributed by atoms with Gasteiger partial charge in [-0.05, 0) is 111 Å². The Morgan fingerprint density at radius 2 is 1.06 bits per heavy atom. The van der Waals surface area contributed by atoms with Crippen LogP contribution in [0.4, 0.5) is 5.69 Å². The molecule has 2 heterocycles. The van der Waals surface area contributed by atoms with Crippen molar-refractivity contribution in [2.24, 2.45) is 5.92 Å². The molecule has 0 aromatic heterocycles. The molecule has 0 fully saturated rings. The second-order valence-electron chi connectivity index (χ2n) is 13.7. The van der Waals surface area contributed by atoms with Crippen LogP contribution >= 0.6 is 0 Å². The van der Waals surface area contributed by atoms with E-state index in [1.165, 1.54) is 15.2 Å². The summed E-state index contributed by atoms with van der Waals surface area (Å²) in [7, 11) is -1.33. The number of amides is 4. The smallest absolute Gasteiger partial charge is 0.265 e. The van der Waals surface area contributed by atoms with Gasteiger partial charge in [-0.25, -0.2) is 9.11 Å². The minimum atomic E-state index is -1.33. The summed E-state index contributed by atoms with van der Waals surface area (Å²) in [5, 5.41) is 9.31. The van der Waals surface area contributed by atoms with Crippen LogP contribution in [0.2, 0.25) is 0 Å². The van der Waals surface area contributed by atoms with Gasteiger partial charge in [0, 0.05) is 49.4 Å². The minimum Gasteiger partial charge on any atom is -0.272 e. The largest absolute Gasteiger partial charge is 0.272 e. The molecule has 244 valence electrons. The lowest BCUT2D eigenvalue weighted by Crippen LogP contribution is -2.46. The van der Waals surface area contributed by atoms with Gasteiger partial charge in [0.2, 0.25) is 0 Å². The quantitative estimate of drug-likeness (QED) is 0.0998. The summed E-state index contributed by atoms with van der Waals surface area (Å²) in [4.78, 5) is 59.5. The number of carbonyl (C=O) groups excluding carboxylic acids is 4. The molecule has 0 bridgehead atoms. The maximum absolute atomic E-state index is 14.2. The van der Waals surface area contributed by atoms with Gasteiger partial charge in [0.15, 0.2) is 0 Å². The molecule has 0 saturated heterocycles. The van der Waals surface area contributed by atoms with E-state index in [0.29, 0.717) is 55.9 Å². The highest BCUT2D eigenvalue weighted by molar-refractivity contribution is 7.88. The number of hydrogen-bond acceptors (Lipinski definition) is 5. The fourth-order valence-electron chi connectivity index (χ4n) is 8.28. The molecule has 2 aliphatic heterocycles. The SMILES string of the molecule is C=CS(=O)c1ccc2cc(N3C(=O)c4ccc5c6ccc7c8c(ccc(c9ccc(c4c59)C3=O)c86)C(=O)N(C(C)CC(C)C)C7=O)ccc2c1. The number of carbonyl (C=O) groups is 4. The van der Waals surface area contributed by atoms with Gasteiger partial charge in [-0.2, -0.15) is 0 Å². The van der Waals surface area contributed by atoms with E-state index in [1.807, 2.05) is 61.5 Å². The third-order valence-electron chi connectivity index (χ3n) is 10.4. The van der Waals surface area contributed by atoms with Crippen molar-refractivity contribution < 1.29 is 23.4 Å². The molecule has 0 saturated carbocycles. The molecule has 0 radical (unpaired) electrons. The fourth-order valence-corrected chi connectivity index (χ4v) is 8.92. The standard InChI is InChI=1S/C42H30N2O5S/c1-5-50(49)26-9-7-23-19-25(8-6-24(23)20-26)44-41(47)33-16-12-29-27-10-14-31-37-32(40(46)43(39(31)45)22(4)18-21(2)3)15-11-28(35(27)37)30-13-17-34(42(44)48)38(33)36(29)30/h5-17,19-22H,1,18H2,2-4H3. The molecule has 9 rings (SSSR count).